The van der Waals surface area contributed by atoms with Crippen molar-refractivity contribution in [2.24, 2.45) is 5.92 Å². The summed E-state index contributed by atoms with van der Waals surface area (Å²) < 4.78 is 0. The third-order valence-electron chi connectivity index (χ3n) is 2.59. The maximum absolute atomic E-state index is 11.5. The molecule has 0 aromatic carbocycles. The highest BCUT2D eigenvalue weighted by atomic mass is 16.1. The van der Waals surface area contributed by atoms with Gasteiger partial charge in [0.2, 0.25) is 5.91 Å². The average Bonchev–Trinajstić information content (AvgIpc) is 2.43. The van der Waals surface area contributed by atoms with E-state index < -0.39 is 0 Å². The third kappa shape index (κ3) is 1.17. The minimum atomic E-state index is 0.165. The van der Waals surface area contributed by atoms with Crippen LogP contribution in [0.1, 0.15) is 26.2 Å². The Hall–Kier alpha value is -1.05. The van der Waals surface area contributed by atoms with Gasteiger partial charge in [-0.25, -0.2) is 0 Å². The number of hydrogen-bond acceptors (Lipinski definition) is 1. The van der Waals surface area contributed by atoms with Gasteiger partial charge in [-0.15, -0.1) is 0 Å². The molecule has 64 valence electrons. The van der Waals surface area contributed by atoms with E-state index in [0.717, 1.165) is 25.0 Å². The fourth-order valence-corrected chi connectivity index (χ4v) is 1.92. The molecule has 0 saturated heterocycles. The van der Waals surface area contributed by atoms with Gasteiger partial charge in [-0.3, -0.25) is 4.79 Å². The zero-order valence-electron chi connectivity index (χ0n) is 7.26. The van der Waals surface area contributed by atoms with Crippen LogP contribution in [-0.4, -0.2) is 5.91 Å². The molecule has 2 heteroatoms. The Morgan fingerprint density at radius 3 is 3.17 bits per heavy atom. The Balaban J connectivity index is 2.31. The van der Waals surface area contributed by atoms with Gasteiger partial charge in [0.1, 0.15) is 0 Å². The molecule has 2 rings (SSSR count). The number of fused-ring (bicyclic) bond motifs is 1. The van der Waals surface area contributed by atoms with Crippen LogP contribution in [0.5, 0.6) is 0 Å². The summed E-state index contributed by atoms with van der Waals surface area (Å²) in [6.07, 6.45) is 7.39. The van der Waals surface area contributed by atoms with Gasteiger partial charge >= 0.3 is 0 Å². The van der Waals surface area contributed by atoms with E-state index in [9.17, 15) is 4.79 Å². The van der Waals surface area contributed by atoms with Crippen molar-refractivity contribution in [2.45, 2.75) is 26.2 Å². The Labute approximate surface area is 72.3 Å². The van der Waals surface area contributed by atoms with E-state index in [1.165, 1.54) is 5.57 Å². The van der Waals surface area contributed by atoms with E-state index in [0.29, 0.717) is 0 Å². The molecule has 0 spiro atoms. The first kappa shape index (κ1) is 7.59. The predicted octanol–water partition coefficient (Wildman–Crippen LogP) is 1.75. The van der Waals surface area contributed by atoms with Gasteiger partial charge in [0, 0.05) is 5.70 Å². The van der Waals surface area contributed by atoms with Crippen LogP contribution < -0.4 is 5.32 Å². The number of allylic oxidation sites excluding steroid dienone is 3. The van der Waals surface area contributed by atoms with E-state index in [-0.39, 0.29) is 11.8 Å². The number of amides is 1. The number of rotatable bonds is 0. The van der Waals surface area contributed by atoms with Gasteiger partial charge in [0.15, 0.2) is 0 Å². The summed E-state index contributed by atoms with van der Waals surface area (Å²) in [5, 5.41) is 2.88. The lowest BCUT2D eigenvalue weighted by atomic mass is 10.0. The molecular formula is C10H13NO. The Morgan fingerprint density at radius 1 is 1.50 bits per heavy atom. The highest BCUT2D eigenvalue weighted by Crippen LogP contribution is 2.32. The van der Waals surface area contributed by atoms with E-state index in [1.807, 2.05) is 13.0 Å². The number of carbonyl (C=O) groups excluding carboxylic acids is 1. The summed E-state index contributed by atoms with van der Waals surface area (Å²) >= 11 is 0. The summed E-state index contributed by atoms with van der Waals surface area (Å²) in [4.78, 5) is 11.5. The fraction of sp³-hybridized carbons (Fsp3) is 0.500. The second-order valence-corrected chi connectivity index (χ2v) is 3.53. The van der Waals surface area contributed by atoms with Crippen LogP contribution in [0.2, 0.25) is 0 Å². The molecule has 1 amide bonds. The van der Waals surface area contributed by atoms with Gasteiger partial charge in [-0.2, -0.15) is 0 Å². The highest BCUT2D eigenvalue weighted by Gasteiger charge is 2.28. The molecule has 0 aromatic rings. The molecule has 0 bridgehead atoms. The van der Waals surface area contributed by atoms with Crippen molar-refractivity contribution in [3.63, 3.8) is 0 Å². The van der Waals surface area contributed by atoms with E-state index in [4.69, 9.17) is 0 Å². The smallest absolute Gasteiger partial charge is 0.231 e. The van der Waals surface area contributed by atoms with Gasteiger partial charge in [0.05, 0.1) is 5.92 Å². The average molecular weight is 163 g/mol. The molecule has 1 atom stereocenters. The van der Waals surface area contributed by atoms with Crippen LogP contribution in [0.4, 0.5) is 0 Å². The molecule has 1 fully saturated rings. The summed E-state index contributed by atoms with van der Waals surface area (Å²) in [5.41, 5.74) is 2.27. The lowest BCUT2D eigenvalue weighted by molar-refractivity contribution is -0.122. The zero-order valence-corrected chi connectivity index (χ0v) is 7.26. The maximum atomic E-state index is 11.5. The highest BCUT2D eigenvalue weighted by molar-refractivity contribution is 5.84. The van der Waals surface area contributed by atoms with Crippen molar-refractivity contribution in [2.75, 3.05) is 0 Å². The van der Waals surface area contributed by atoms with E-state index >= 15 is 0 Å². The van der Waals surface area contributed by atoms with Crippen LogP contribution in [0.25, 0.3) is 0 Å². The molecule has 2 nitrogen and oxygen atoms in total. The van der Waals surface area contributed by atoms with E-state index in [1.54, 1.807) is 0 Å². The molecule has 1 aliphatic carbocycles. The van der Waals surface area contributed by atoms with Gasteiger partial charge < -0.3 is 5.32 Å². The van der Waals surface area contributed by atoms with E-state index in [2.05, 4.69) is 11.4 Å². The zero-order chi connectivity index (χ0) is 8.55. The molecule has 1 unspecified atom stereocenters. The standard InChI is InChI=1S/C10H13NO/c1-7-5-6-8-3-2-4-9(8)10(12)11-7/h5-6,9H,2-4H2,1H3,(H,11,12). The van der Waals surface area contributed by atoms with Gasteiger partial charge in [-0.05, 0) is 32.3 Å². The van der Waals surface area contributed by atoms with Gasteiger partial charge in [0.25, 0.3) is 0 Å². The van der Waals surface area contributed by atoms with Crippen LogP contribution in [0.3, 0.4) is 0 Å². The number of nitrogens with one attached hydrogen (secondary N) is 1. The molecule has 1 saturated carbocycles. The molecule has 12 heavy (non-hydrogen) atoms. The second kappa shape index (κ2) is 2.77. The first-order valence-electron chi connectivity index (χ1n) is 4.45. The molecule has 1 N–H and O–H groups in total. The SMILES string of the molecule is CC1=CC=C2CCCC2C(=O)N1. The molecule has 1 heterocycles. The summed E-state index contributed by atoms with van der Waals surface area (Å²) in [6.45, 7) is 1.93. The molecule has 2 aliphatic rings. The van der Waals surface area contributed by atoms with Crippen LogP contribution in [0, 0.1) is 5.92 Å². The topological polar surface area (TPSA) is 29.1 Å². The Kier molecular flexibility index (Phi) is 1.75. The van der Waals surface area contributed by atoms with Crippen molar-refractivity contribution in [1.29, 1.82) is 0 Å². The molecule has 0 radical (unpaired) electrons. The van der Waals surface area contributed by atoms with Crippen molar-refractivity contribution in [1.82, 2.24) is 5.32 Å². The fourth-order valence-electron chi connectivity index (χ4n) is 1.92. The van der Waals surface area contributed by atoms with Crippen molar-refractivity contribution in [3.05, 3.63) is 23.4 Å². The predicted molar refractivity (Wildman–Crippen MR) is 47.3 cm³/mol. The Morgan fingerprint density at radius 2 is 2.33 bits per heavy atom. The normalized spacial score (nSPS) is 28.4. The van der Waals surface area contributed by atoms with Crippen LogP contribution in [-0.2, 0) is 4.79 Å². The number of hydrogen-bond donors (Lipinski definition) is 1. The molecule has 1 aliphatic heterocycles. The monoisotopic (exact) mass is 163 g/mol. The Bertz CT molecular complexity index is 276. The summed E-state index contributed by atoms with van der Waals surface area (Å²) in [7, 11) is 0. The maximum Gasteiger partial charge on any atom is 0.231 e. The lowest BCUT2D eigenvalue weighted by Crippen LogP contribution is -2.27. The molecule has 0 aromatic heterocycles. The lowest BCUT2D eigenvalue weighted by Gasteiger charge is -2.08. The summed E-state index contributed by atoms with van der Waals surface area (Å²) in [6, 6.07) is 0. The minimum Gasteiger partial charge on any atom is -0.330 e. The molecular weight excluding hydrogens is 150 g/mol. The minimum absolute atomic E-state index is 0.165. The van der Waals surface area contributed by atoms with Crippen LogP contribution >= 0.6 is 0 Å². The number of carbonyl (C=O) groups is 1. The van der Waals surface area contributed by atoms with Crippen molar-refractivity contribution in [3.8, 4) is 0 Å². The van der Waals surface area contributed by atoms with Crippen LogP contribution in [0.15, 0.2) is 23.4 Å². The van der Waals surface area contributed by atoms with Crippen molar-refractivity contribution < 1.29 is 4.79 Å². The largest absolute Gasteiger partial charge is 0.330 e. The van der Waals surface area contributed by atoms with Gasteiger partial charge in [-0.1, -0.05) is 11.6 Å². The second-order valence-electron chi connectivity index (χ2n) is 3.53. The first-order chi connectivity index (χ1) is 5.77. The quantitative estimate of drug-likeness (QED) is 0.579. The van der Waals surface area contributed by atoms with Crippen molar-refractivity contribution >= 4 is 5.91 Å². The summed E-state index contributed by atoms with van der Waals surface area (Å²) in [5.74, 6) is 0.351. The third-order valence-corrected chi connectivity index (χ3v) is 2.59. The first-order valence-corrected chi connectivity index (χ1v) is 4.45.